The van der Waals surface area contributed by atoms with Crippen molar-refractivity contribution >= 4 is 13.8 Å². The molecule has 1 fully saturated rings. The van der Waals surface area contributed by atoms with Gasteiger partial charge in [-0.1, -0.05) is 134 Å². The van der Waals surface area contributed by atoms with Gasteiger partial charge in [0.15, 0.2) is 6.10 Å². The molecule has 0 saturated carbocycles. The van der Waals surface area contributed by atoms with Gasteiger partial charge in [-0.05, 0) is 63.9 Å². The van der Waals surface area contributed by atoms with Gasteiger partial charge in [-0.2, -0.15) is 0 Å². The van der Waals surface area contributed by atoms with E-state index in [1.807, 2.05) is 6.08 Å². The molecule has 48 heavy (non-hydrogen) atoms. The van der Waals surface area contributed by atoms with Gasteiger partial charge in [0.2, 0.25) is 0 Å². The SMILES string of the molecule is CCCCC/C=C\C/C=C\CC1OC1C/C=C\CCCC(=O)OC[C@H](COP(=O)(O)O)O/C=C/CCCCCCCCCCCCCC. The summed E-state index contributed by atoms with van der Waals surface area (Å²) in [6.45, 7) is 3.96. The Balaban J connectivity index is 2.11. The number of allylic oxidation sites excluding steroid dienone is 5. The molecule has 278 valence electrons. The molecule has 0 spiro atoms. The fourth-order valence-electron chi connectivity index (χ4n) is 5.34. The Morgan fingerprint density at radius 1 is 0.667 bits per heavy atom. The van der Waals surface area contributed by atoms with Crippen LogP contribution in [-0.2, 0) is 28.1 Å². The number of carbonyl (C=O) groups is 1. The number of hydrogen-bond acceptors (Lipinski definition) is 6. The van der Waals surface area contributed by atoms with Crippen LogP contribution in [0.1, 0.15) is 162 Å². The van der Waals surface area contributed by atoms with Gasteiger partial charge in [0.1, 0.15) is 6.61 Å². The molecule has 1 heterocycles. The maximum atomic E-state index is 12.2. The highest BCUT2D eigenvalue weighted by atomic mass is 31.2. The van der Waals surface area contributed by atoms with E-state index in [-0.39, 0.29) is 31.7 Å². The van der Waals surface area contributed by atoms with Crippen LogP contribution in [-0.4, -0.2) is 47.3 Å². The van der Waals surface area contributed by atoms with Crippen LogP contribution in [0.25, 0.3) is 0 Å². The van der Waals surface area contributed by atoms with Crippen molar-refractivity contribution in [1.29, 1.82) is 0 Å². The van der Waals surface area contributed by atoms with Gasteiger partial charge in [-0.25, -0.2) is 4.57 Å². The zero-order valence-electron chi connectivity index (χ0n) is 30.3. The van der Waals surface area contributed by atoms with E-state index in [0.29, 0.717) is 12.5 Å². The fraction of sp³-hybridized carbons (Fsp3) is 0.769. The second kappa shape index (κ2) is 31.3. The number of carbonyl (C=O) groups excluding carboxylic acids is 1. The maximum Gasteiger partial charge on any atom is 0.469 e. The number of hydrogen-bond donors (Lipinski definition) is 2. The third-order valence-electron chi connectivity index (χ3n) is 8.37. The fourth-order valence-corrected chi connectivity index (χ4v) is 5.70. The van der Waals surface area contributed by atoms with Crippen molar-refractivity contribution in [3.8, 4) is 0 Å². The average molecular weight is 697 g/mol. The Bertz CT molecular complexity index is 925. The Morgan fingerprint density at radius 2 is 1.17 bits per heavy atom. The van der Waals surface area contributed by atoms with E-state index in [2.05, 4.69) is 54.8 Å². The zero-order valence-corrected chi connectivity index (χ0v) is 31.2. The van der Waals surface area contributed by atoms with E-state index in [1.165, 1.54) is 103 Å². The van der Waals surface area contributed by atoms with Gasteiger partial charge < -0.3 is 24.0 Å². The summed E-state index contributed by atoms with van der Waals surface area (Å²) in [7, 11) is -4.66. The molecule has 0 aromatic heterocycles. The Kier molecular flexibility index (Phi) is 28.9. The topological polar surface area (TPSA) is 115 Å². The van der Waals surface area contributed by atoms with Crippen LogP contribution >= 0.6 is 7.82 Å². The van der Waals surface area contributed by atoms with Gasteiger partial charge in [0.05, 0.1) is 25.1 Å². The van der Waals surface area contributed by atoms with Gasteiger partial charge >= 0.3 is 13.8 Å². The minimum absolute atomic E-state index is 0.137. The standard InChI is InChI=1S/C39H69O8P/c1-3-5-7-9-11-13-14-15-16-17-19-21-25-29-33-44-36(35-46-48(41,42)43)34-45-39(40)32-28-24-23-27-31-38-37(47-38)30-26-22-20-18-12-10-8-6-4-2/h12,18,22-23,26-27,29,33,36-38H,3-11,13-17,19-21,24-25,28,30-32,34-35H2,1-2H3,(H2,41,42,43)/b18-12-,26-22-,27-23-,33-29+/t36-,37?,38?/m1/s1. The number of unbranched alkanes of at least 4 members (excludes halogenated alkanes) is 16. The first-order valence-corrected chi connectivity index (χ1v) is 20.6. The number of phosphoric acid groups is 1. The predicted molar refractivity (Wildman–Crippen MR) is 197 cm³/mol. The van der Waals surface area contributed by atoms with Gasteiger partial charge in [-0.3, -0.25) is 9.32 Å². The van der Waals surface area contributed by atoms with Crippen molar-refractivity contribution in [1.82, 2.24) is 0 Å². The molecule has 1 aliphatic rings. The molecule has 0 amide bonds. The minimum Gasteiger partial charge on any atom is -0.492 e. The number of epoxide rings is 1. The number of phosphoric ester groups is 1. The highest BCUT2D eigenvalue weighted by molar-refractivity contribution is 7.46. The van der Waals surface area contributed by atoms with Crippen molar-refractivity contribution in [2.75, 3.05) is 13.2 Å². The van der Waals surface area contributed by atoms with Crippen LogP contribution < -0.4 is 0 Å². The third kappa shape index (κ3) is 30.4. The summed E-state index contributed by atoms with van der Waals surface area (Å²) in [5, 5.41) is 0. The number of rotatable bonds is 34. The lowest BCUT2D eigenvalue weighted by atomic mass is 10.0. The van der Waals surface area contributed by atoms with E-state index in [4.69, 9.17) is 24.0 Å². The second-order valence-corrected chi connectivity index (χ2v) is 14.2. The molecule has 0 aromatic rings. The van der Waals surface area contributed by atoms with Crippen LogP contribution in [0.4, 0.5) is 0 Å². The molecule has 8 nitrogen and oxygen atoms in total. The summed E-state index contributed by atoms with van der Waals surface area (Å²) in [6.07, 6.45) is 42.3. The normalized spacial score (nSPS) is 17.3. The molecular weight excluding hydrogens is 627 g/mol. The van der Waals surface area contributed by atoms with E-state index < -0.39 is 13.9 Å². The summed E-state index contributed by atoms with van der Waals surface area (Å²) in [4.78, 5) is 30.4. The van der Waals surface area contributed by atoms with Crippen molar-refractivity contribution in [3.05, 3.63) is 48.8 Å². The van der Waals surface area contributed by atoms with E-state index >= 15 is 0 Å². The monoisotopic (exact) mass is 696 g/mol. The first kappa shape index (κ1) is 44.3. The molecule has 1 saturated heterocycles. The summed E-state index contributed by atoms with van der Waals surface area (Å²) in [5.74, 6) is -0.373. The van der Waals surface area contributed by atoms with Crippen LogP contribution in [0, 0.1) is 0 Å². The summed E-state index contributed by atoms with van der Waals surface area (Å²) < 4.78 is 32.4. The van der Waals surface area contributed by atoms with Crippen molar-refractivity contribution in [3.63, 3.8) is 0 Å². The van der Waals surface area contributed by atoms with Crippen molar-refractivity contribution in [2.24, 2.45) is 0 Å². The molecule has 0 aliphatic carbocycles. The molecule has 0 bridgehead atoms. The molecule has 2 N–H and O–H groups in total. The highest BCUT2D eigenvalue weighted by Crippen LogP contribution is 2.36. The number of ether oxygens (including phenoxy) is 3. The van der Waals surface area contributed by atoms with Crippen LogP contribution in [0.3, 0.4) is 0 Å². The van der Waals surface area contributed by atoms with Gasteiger partial charge in [-0.15, -0.1) is 0 Å². The first-order valence-electron chi connectivity index (χ1n) is 19.1. The lowest BCUT2D eigenvalue weighted by Gasteiger charge is -2.17. The molecule has 0 radical (unpaired) electrons. The van der Waals surface area contributed by atoms with Crippen molar-refractivity contribution in [2.45, 2.75) is 180 Å². The molecule has 9 heteroatoms. The second-order valence-electron chi connectivity index (χ2n) is 13.0. The van der Waals surface area contributed by atoms with Gasteiger partial charge in [0.25, 0.3) is 0 Å². The predicted octanol–water partition coefficient (Wildman–Crippen LogP) is 11.0. The molecule has 1 rings (SSSR count). The van der Waals surface area contributed by atoms with E-state index in [0.717, 1.165) is 38.5 Å². The Labute approximate surface area is 293 Å². The highest BCUT2D eigenvalue weighted by Gasteiger charge is 2.35. The molecule has 1 aliphatic heterocycles. The summed E-state index contributed by atoms with van der Waals surface area (Å²) in [5.41, 5.74) is 0. The summed E-state index contributed by atoms with van der Waals surface area (Å²) >= 11 is 0. The zero-order chi connectivity index (χ0) is 35.0. The van der Waals surface area contributed by atoms with E-state index in [9.17, 15) is 9.36 Å². The van der Waals surface area contributed by atoms with Gasteiger partial charge in [0, 0.05) is 6.42 Å². The largest absolute Gasteiger partial charge is 0.492 e. The lowest BCUT2D eigenvalue weighted by molar-refractivity contribution is -0.147. The smallest absolute Gasteiger partial charge is 0.469 e. The van der Waals surface area contributed by atoms with Crippen LogP contribution in [0.5, 0.6) is 0 Å². The maximum absolute atomic E-state index is 12.2. The minimum atomic E-state index is -4.66. The van der Waals surface area contributed by atoms with Crippen molar-refractivity contribution < 1.29 is 37.9 Å². The molecule has 2 unspecified atom stereocenters. The van der Waals surface area contributed by atoms with Crippen LogP contribution in [0.2, 0.25) is 0 Å². The Hall–Kier alpha value is -1.70. The first-order chi connectivity index (χ1) is 23.4. The third-order valence-corrected chi connectivity index (χ3v) is 8.86. The molecule has 0 aromatic carbocycles. The van der Waals surface area contributed by atoms with Crippen LogP contribution in [0.15, 0.2) is 48.8 Å². The molecule has 3 atom stereocenters. The average Bonchev–Trinajstić information content (AvgIpc) is 3.81. The van der Waals surface area contributed by atoms with E-state index in [1.54, 1.807) is 0 Å². The Morgan fingerprint density at radius 3 is 1.81 bits per heavy atom. The molecular formula is C39H69O8P. The lowest BCUT2D eigenvalue weighted by Crippen LogP contribution is -2.25. The number of esters is 1. The quantitative estimate of drug-likeness (QED) is 0.0171. The summed E-state index contributed by atoms with van der Waals surface area (Å²) in [6, 6.07) is 0.